The van der Waals surface area contributed by atoms with Gasteiger partial charge in [-0.05, 0) is 42.7 Å². The normalized spacial score (nSPS) is 16.7. The van der Waals surface area contributed by atoms with Gasteiger partial charge in [-0.1, -0.05) is 31.4 Å². The SMILES string of the molecule is O=C(Nc1ccc2c(c1)OCCO2)c1ccc(CSC2CCCCC2)cc1. The van der Waals surface area contributed by atoms with Crippen molar-refractivity contribution in [3.05, 3.63) is 53.6 Å². The Labute approximate surface area is 164 Å². The molecule has 1 fully saturated rings. The first-order valence-electron chi connectivity index (χ1n) is 9.69. The van der Waals surface area contributed by atoms with Gasteiger partial charge in [-0.3, -0.25) is 4.79 Å². The van der Waals surface area contributed by atoms with E-state index in [4.69, 9.17) is 9.47 Å². The van der Waals surface area contributed by atoms with Crippen molar-refractivity contribution in [2.24, 2.45) is 0 Å². The molecule has 4 rings (SSSR count). The molecule has 1 N–H and O–H groups in total. The third kappa shape index (κ3) is 4.78. The average Bonchev–Trinajstić information content (AvgIpc) is 2.73. The maximum atomic E-state index is 12.5. The Kier molecular flexibility index (Phi) is 5.87. The minimum absolute atomic E-state index is 0.113. The first kappa shape index (κ1) is 18.2. The van der Waals surface area contributed by atoms with Gasteiger partial charge in [0, 0.05) is 28.3 Å². The molecule has 2 aliphatic rings. The Bertz CT molecular complexity index is 785. The number of amides is 1. The zero-order valence-electron chi connectivity index (χ0n) is 15.4. The second-order valence-corrected chi connectivity index (χ2v) is 8.37. The van der Waals surface area contributed by atoms with Crippen LogP contribution in [0.2, 0.25) is 0 Å². The molecular formula is C22H25NO3S. The van der Waals surface area contributed by atoms with Crippen LogP contribution in [0.15, 0.2) is 42.5 Å². The molecule has 1 aliphatic carbocycles. The van der Waals surface area contributed by atoms with Crippen LogP contribution in [-0.2, 0) is 5.75 Å². The van der Waals surface area contributed by atoms with Crippen molar-refractivity contribution in [2.75, 3.05) is 18.5 Å². The monoisotopic (exact) mass is 383 g/mol. The minimum atomic E-state index is -0.113. The Balaban J connectivity index is 1.33. The van der Waals surface area contributed by atoms with Gasteiger partial charge in [-0.2, -0.15) is 11.8 Å². The fourth-order valence-electron chi connectivity index (χ4n) is 3.52. The van der Waals surface area contributed by atoms with Gasteiger partial charge in [-0.25, -0.2) is 0 Å². The van der Waals surface area contributed by atoms with Gasteiger partial charge in [0.1, 0.15) is 13.2 Å². The van der Waals surface area contributed by atoms with E-state index in [1.54, 1.807) is 0 Å². The number of benzene rings is 2. The van der Waals surface area contributed by atoms with Crippen LogP contribution in [0.25, 0.3) is 0 Å². The quantitative estimate of drug-likeness (QED) is 0.763. The molecule has 0 saturated heterocycles. The minimum Gasteiger partial charge on any atom is -0.486 e. The molecule has 4 nitrogen and oxygen atoms in total. The van der Waals surface area contributed by atoms with Crippen molar-refractivity contribution in [2.45, 2.75) is 43.1 Å². The van der Waals surface area contributed by atoms with Crippen molar-refractivity contribution in [1.82, 2.24) is 0 Å². The Morgan fingerprint density at radius 1 is 0.963 bits per heavy atom. The second kappa shape index (κ2) is 8.70. The van der Waals surface area contributed by atoms with Gasteiger partial charge in [0.2, 0.25) is 0 Å². The van der Waals surface area contributed by atoms with Crippen molar-refractivity contribution in [1.29, 1.82) is 0 Å². The van der Waals surface area contributed by atoms with Crippen LogP contribution in [0.3, 0.4) is 0 Å². The summed E-state index contributed by atoms with van der Waals surface area (Å²) in [4.78, 5) is 12.5. The molecular weight excluding hydrogens is 358 g/mol. The van der Waals surface area contributed by atoms with Gasteiger partial charge in [0.05, 0.1) is 0 Å². The van der Waals surface area contributed by atoms with Crippen molar-refractivity contribution < 1.29 is 14.3 Å². The summed E-state index contributed by atoms with van der Waals surface area (Å²) in [6, 6.07) is 13.4. The molecule has 0 aromatic heterocycles. The predicted molar refractivity (Wildman–Crippen MR) is 110 cm³/mol. The summed E-state index contributed by atoms with van der Waals surface area (Å²) in [6.45, 7) is 1.09. The summed E-state index contributed by atoms with van der Waals surface area (Å²) in [6.07, 6.45) is 6.83. The van der Waals surface area contributed by atoms with E-state index < -0.39 is 0 Å². The zero-order valence-corrected chi connectivity index (χ0v) is 16.2. The lowest BCUT2D eigenvalue weighted by Crippen LogP contribution is -2.16. The van der Waals surface area contributed by atoms with Crippen LogP contribution >= 0.6 is 11.8 Å². The Hall–Kier alpha value is -2.14. The number of carbonyl (C=O) groups is 1. The highest BCUT2D eigenvalue weighted by molar-refractivity contribution is 7.99. The topological polar surface area (TPSA) is 47.6 Å². The van der Waals surface area contributed by atoms with Crippen LogP contribution in [0.1, 0.15) is 48.0 Å². The van der Waals surface area contributed by atoms with E-state index in [-0.39, 0.29) is 5.91 Å². The fourth-order valence-corrected chi connectivity index (χ4v) is 4.81. The average molecular weight is 384 g/mol. The van der Waals surface area contributed by atoms with Crippen LogP contribution in [-0.4, -0.2) is 24.4 Å². The predicted octanol–water partition coefficient (Wildman–Crippen LogP) is 5.28. The molecule has 142 valence electrons. The van der Waals surface area contributed by atoms with E-state index >= 15 is 0 Å². The number of carbonyl (C=O) groups excluding carboxylic acids is 1. The molecule has 1 amide bonds. The number of nitrogens with one attached hydrogen (secondary N) is 1. The zero-order chi connectivity index (χ0) is 18.5. The summed E-state index contributed by atoms with van der Waals surface area (Å²) in [5.41, 5.74) is 2.65. The van der Waals surface area contributed by atoms with Crippen molar-refractivity contribution >= 4 is 23.4 Å². The molecule has 0 bridgehead atoms. The fraction of sp³-hybridized carbons (Fsp3) is 0.409. The van der Waals surface area contributed by atoms with Crippen LogP contribution < -0.4 is 14.8 Å². The first-order chi connectivity index (χ1) is 13.3. The van der Waals surface area contributed by atoms with Gasteiger partial charge in [-0.15, -0.1) is 0 Å². The number of ether oxygens (including phenoxy) is 2. The van der Waals surface area contributed by atoms with E-state index in [1.807, 2.05) is 30.3 Å². The molecule has 1 saturated carbocycles. The Morgan fingerprint density at radius 2 is 1.70 bits per heavy atom. The smallest absolute Gasteiger partial charge is 0.255 e. The van der Waals surface area contributed by atoms with E-state index in [0.717, 1.165) is 16.8 Å². The van der Waals surface area contributed by atoms with Crippen LogP contribution in [0.4, 0.5) is 5.69 Å². The first-order valence-corrected chi connectivity index (χ1v) is 10.7. The number of fused-ring (bicyclic) bond motifs is 1. The summed E-state index contributed by atoms with van der Waals surface area (Å²) >= 11 is 2.05. The summed E-state index contributed by atoms with van der Waals surface area (Å²) < 4.78 is 11.1. The summed E-state index contributed by atoms with van der Waals surface area (Å²) in [5, 5.41) is 3.73. The molecule has 5 heteroatoms. The molecule has 0 unspecified atom stereocenters. The molecule has 27 heavy (non-hydrogen) atoms. The third-order valence-electron chi connectivity index (χ3n) is 5.05. The number of hydrogen-bond acceptors (Lipinski definition) is 4. The van der Waals surface area contributed by atoms with Crippen LogP contribution in [0.5, 0.6) is 11.5 Å². The van der Waals surface area contributed by atoms with Gasteiger partial charge in [0.15, 0.2) is 11.5 Å². The number of rotatable bonds is 5. The molecule has 2 aromatic carbocycles. The van der Waals surface area contributed by atoms with Gasteiger partial charge < -0.3 is 14.8 Å². The highest BCUT2D eigenvalue weighted by Gasteiger charge is 2.15. The van der Waals surface area contributed by atoms with E-state index in [9.17, 15) is 4.79 Å². The van der Waals surface area contributed by atoms with E-state index in [1.165, 1.54) is 37.7 Å². The molecule has 1 aliphatic heterocycles. The molecule has 1 heterocycles. The maximum Gasteiger partial charge on any atom is 0.255 e. The second-order valence-electron chi connectivity index (χ2n) is 7.08. The number of anilines is 1. The third-order valence-corrected chi connectivity index (χ3v) is 6.50. The standard InChI is InChI=1S/C22H25NO3S/c24-22(23-18-10-11-20-21(14-18)26-13-12-25-20)17-8-6-16(7-9-17)15-27-19-4-2-1-3-5-19/h6-11,14,19H,1-5,12-13,15H2,(H,23,24). The number of thioether (sulfide) groups is 1. The van der Waals surface area contributed by atoms with Gasteiger partial charge in [0.25, 0.3) is 5.91 Å². The van der Waals surface area contributed by atoms with Crippen LogP contribution in [0, 0.1) is 0 Å². The lowest BCUT2D eigenvalue weighted by Gasteiger charge is -2.20. The Morgan fingerprint density at radius 3 is 2.48 bits per heavy atom. The van der Waals surface area contributed by atoms with Crippen molar-refractivity contribution in [3.8, 4) is 11.5 Å². The number of hydrogen-bond donors (Lipinski definition) is 1. The largest absolute Gasteiger partial charge is 0.486 e. The molecule has 0 atom stereocenters. The highest BCUT2D eigenvalue weighted by atomic mass is 32.2. The molecule has 0 radical (unpaired) electrons. The van der Waals surface area contributed by atoms with E-state index in [0.29, 0.717) is 30.2 Å². The van der Waals surface area contributed by atoms with Crippen molar-refractivity contribution in [3.63, 3.8) is 0 Å². The summed E-state index contributed by atoms with van der Waals surface area (Å²) in [5.74, 6) is 2.31. The lowest BCUT2D eigenvalue weighted by atomic mass is 10.0. The molecule has 2 aromatic rings. The van der Waals surface area contributed by atoms with E-state index in [2.05, 4.69) is 29.2 Å². The highest BCUT2D eigenvalue weighted by Crippen LogP contribution is 2.33. The lowest BCUT2D eigenvalue weighted by molar-refractivity contribution is 0.102. The van der Waals surface area contributed by atoms with Gasteiger partial charge >= 0.3 is 0 Å². The maximum absolute atomic E-state index is 12.5. The molecule has 0 spiro atoms. The summed E-state index contributed by atoms with van der Waals surface area (Å²) in [7, 11) is 0.